The summed E-state index contributed by atoms with van der Waals surface area (Å²) in [6.45, 7) is 10.2. The number of aliphatic hydroxyl groups excluding tert-OH is 1. The molecule has 0 amide bonds. The van der Waals surface area contributed by atoms with Crippen LogP contribution in [0.3, 0.4) is 0 Å². The van der Waals surface area contributed by atoms with Crippen molar-refractivity contribution in [3.63, 3.8) is 0 Å². The van der Waals surface area contributed by atoms with E-state index in [1.54, 1.807) is 0 Å². The highest BCUT2D eigenvalue weighted by Crippen LogP contribution is 2.17. The summed E-state index contributed by atoms with van der Waals surface area (Å²) in [6.07, 6.45) is 15.5. The van der Waals surface area contributed by atoms with Gasteiger partial charge in [0.1, 0.15) is 6.10 Å². The minimum Gasteiger partial charge on any atom is -0.469 e. The van der Waals surface area contributed by atoms with Crippen LogP contribution in [0.2, 0.25) is 0 Å². The van der Waals surface area contributed by atoms with E-state index < -0.39 is 6.10 Å². The van der Waals surface area contributed by atoms with Gasteiger partial charge in [0, 0.05) is 6.42 Å². The Morgan fingerprint density at radius 2 is 1.53 bits per heavy atom. The number of carbonyl (C=O) groups excluding carboxylic acids is 1. The molecule has 0 radical (unpaired) electrons. The van der Waals surface area contributed by atoms with Gasteiger partial charge in [-0.3, -0.25) is 4.79 Å². The Balaban J connectivity index is 4.52. The molecule has 30 heavy (non-hydrogen) atoms. The number of aliphatic hydroxyl groups is 1. The number of hydrogen-bond acceptors (Lipinski definition) is 5. The predicted octanol–water partition coefficient (Wildman–Crippen LogP) is 5.75. The van der Waals surface area contributed by atoms with E-state index in [1.165, 1.54) is 7.11 Å². The molecular weight excluding hydrogens is 380 g/mol. The quantitative estimate of drug-likeness (QED) is 0.172. The van der Waals surface area contributed by atoms with E-state index in [1.807, 2.05) is 39.8 Å². The number of esters is 1. The molecule has 0 aromatic carbocycles. The van der Waals surface area contributed by atoms with E-state index in [-0.39, 0.29) is 30.4 Å². The number of rotatable bonds is 18. The van der Waals surface area contributed by atoms with Crippen LogP contribution >= 0.6 is 0 Å². The minimum atomic E-state index is -0.482. The van der Waals surface area contributed by atoms with Crippen LogP contribution in [-0.2, 0) is 19.0 Å². The fourth-order valence-electron chi connectivity index (χ4n) is 3.17. The maximum Gasteiger partial charge on any atom is 0.305 e. The van der Waals surface area contributed by atoms with E-state index in [2.05, 4.69) is 23.8 Å². The average Bonchev–Trinajstić information content (AvgIpc) is 2.69. The van der Waals surface area contributed by atoms with Crippen molar-refractivity contribution in [3.05, 3.63) is 24.3 Å². The Labute approximate surface area is 184 Å². The molecule has 5 nitrogen and oxygen atoms in total. The summed E-state index contributed by atoms with van der Waals surface area (Å²) < 4.78 is 16.9. The number of carbonyl (C=O) groups is 1. The summed E-state index contributed by atoms with van der Waals surface area (Å²) in [5.41, 5.74) is 0. The van der Waals surface area contributed by atoms with Crippen molar-refractivity contribution < 1.29 is 24.1 Å². The molecule has 0 aromatic rings. The van der Waals surface area contributed by atoms with Gasteiger partial charge in [0.2, 0.25) is 0 Å². The highest BCUT2D eigenvalue weighted by molar-refractivity contribution is 5.68. The maximum atomic E-state index is 11.1. The zero-order valence-electron chi connectivity index (χ0n) is 20.1. The van der Waals surface area contributed by atoms with Gasteiger partial charge in [-0.25, -0.2) is 0 Å². The van der Waals surface area contributed by atoms with E-state index in [9.17, 15) is 9.90 Å². The Morgan fingerprint density at radius 3 is 2.13 bits per heavy atom. The van der Waals surface area contributed by atoms with Crippen molar-refractivity contribution in [1.29, 1.82) is 0 Å². The van der Waals surface area contributed by atoms with E-state index >= 15 is 0 Å². The van der Waals surface area contributed by atoms with Crippen LogP contribution in [0, 0.1) is 0 Å². The first-order chi connectivity index (χ1) is 14.3. The van der Waals surface area contributed by atoms with Crippen LogP contribution in [0.25, 0.3) is 0 Å². The second-order valence-electron chi connectivity index (χ2n) is 8.32. The molecule has 0 unspecified atom stereocenters. The first kappa shape index (κ1) is 28.8. The van der Waals surface area contributed by atoms with Gasteiger partial charge < -0.3 is 19.3 Å². The summed E-state index contributed by atoms with van der Waals surface area (Å²) >= 11 is 0. The summed E-state index contributed by atoms with van der Waals surface area (Å²) in [5, 5.41) is 10.4. The molecule has 0 aliphatic rings. The van der Waals surface area contributed by atoms with Crippen molar-refractivity contribution >= 4 is 5.97 Å². The lowest BCUT2D eigenvalue weighted by Crippen LogP contribution is -2.34. The summed E-state index contributed by atoms with van der Waals surface area (Å²) in [5.74, 6) is -0.140. The molecule has 176 valence electrons. The molecule has 0 spiro atoms. The molecule has 0 heterocycles. The van der Waals surface area contributed by atoms with Crippen LogP contribution in [0.15, 0.2) is 24.3 Å². The number of ether oxygens (including phenoxy) is 3. The first-order valence-electron chi connectivity index (χ1n) is 11.7. The standard InChI is InChI=1S/C25H46O5/c1-7-8-12-16-23(29-20(2)3)24(30-21(4)5)19-18-22(26)15-13-10-9-11-14-17-25(27)28-6/h8,12,18-24,26H,7,9-11,13-17H2,1-6H3/b12-8-,19-18+/t22-,23-,24-/m0/s1. The first-order valence-corrected chi connectivity index (χ1v) is 11.7. The Bertz CT molecular complexity index is 470. The number of methoxy groups -OCH3 is 1. The largest absolute Gasteiger partial charge is 0.469 e. The summed E-state index contributed by atoms with van der Waals surface area (Å²) in [6, 6.07) is 0. The predicted molar refractivity (Wildman–Crippen MR) is 124 cm³/mol. The molecular formula is C25H46O5. The molecule has 0 saturated carbocycles. The van der Waals surface area contributed by atoms with Gasteiger partial charge in [-0.1, -0.05) is 56.9 Å². The lowest BCUT2D eigenvalue weighted by molar-refractivity contribution is -0.140. The molecule has 0 aliphatic carbocycles. The second-order valence-corrected chi connectivity index (χ2v) is 8.32. The van der Waals surface area contributed by atoms with Gasteiger partial charge in [0.25, 0.3) is 0 Å². The topological polar surface area (TPSA) is 65.0 Å². The molecule has 1 N–H and O–H groups in total. The van der Waals surface area contributed by atoms with Crippen LogP contribution in [0.4, 0.5) is 0 Å². The van der Waals surface area contributed by atoms with E-state index in [0.29, 0.717) is 6.42 Å². The molecule has 0 bridgehead atoms. The Hall–Kier alpha value is -1.17. The Morgan fingerprint density at radius 1 is 0.900 bits per heavy atom. The lowest BCUT2D eigenvalue weighted by atomic mass is 10.0. The van der Waals surface area contributed by atoms with Crippen molar-refractivity contribution in [2.24, 2.45) is 0 Å². The molecule has 0 saturated heterocycles. The normalized spacial score (nSPS) is 15.4. The third-order valence-electron chi connectivity index (χ3n) is 4.64. The second kappa shape index (κ2) is 18.6. The summed E-state index contributed by atoms with van der Waals surface area (Å²) in [7, 11) is 1.42. The molecule has 0 fully saturated rings. The zero-order chi connectivity index (χ0) is 22.8. The van der Waals surface area contributed by atoms with Gasteiger partial charge in [-0.2, -0.15) is 0 Å². The van der Waals surface area contributed by atoms with Crippen molar-refractivity contribution in [1.82, 2.24) is 0 Å². The average molecular weight is 427 g/mol. The Kier molecular flexibility index (Phi) is 17.9. The van der Waals surface area contributed by atoms with Crippen LogP contribution in [0.5, 0.6) is 0 Å². The summed E-state index contributed by atoms with van der Waals surface area (Å²) in [4.78, 5) is 11.1. The third kappa shape index (κ3) is 16.6. The van der Waals surface area contributed by atoms with Gasteiger partial charge >= 0.3 is 5.97 Å². The van der Waals surface area contributed by atoms with Gasteiger partial charge in [0.05, 0.1) is 31.5 Å². The van der Waals surface area contributed by atoms with Gasteiger partial charge in [-0.15, -0.1) is 0 Å². The van der Waals surface area contributed by atoms with Crippen molar-refractivity contribution in [2.75, 3.05) is 7.11 Å². The fourth-order valence-corrected chi connectivity index (χ4v) is 3.17. The highest BCUT2D eigenvalue weighted by Gasteiger charge is 2.22. The van der Waals surface area contributed by atoms with Crippen LogP contribution in [0.1, 0.15) is 92.4 Å². The molecule has 5 heteroatoms. The van der Waals surface area contributed by atoms with Gasteiger partial charge in [0.15, 0.2) is 0 Å². The van der Waals surface area contributed by atoms with E-state index in [0.717, 1.165) is 51.4 Å². The van der Waals surface area contributed by atoms with Crippen LogP contribution in [-0.4, -0.2) is 48.7 Å². The monoisotopic (exact) mass is 426 g/mol. The number of hydrogen-bond donors (Lipinski definition) is 1. The van der Waals surface area contributed by atoms with Gasteiger partial charge in [-0.05, 0) is 53.4 Å². The number of unbranched alkanes of at least 4 members (excludes halogenated alkanes) is 4. The lowest BCUT2D eigenvalue weighted by Gasteiger charge is -2.28. The SMILES string of the molecule is CC/C=C\C[C@H](OC(C)C)[C@H](/C=C/[C@@H](O)CCCCCCCC(=O)OC)OC(C)C. The molecule has 0 aromatic heterocycles. The minimum absolute atomic E-state index is 0.0755. The van der Waals surface area contributed by atoms with Crippen molar-refractivity contribution in [2.45, 2.75) is 123 Å². The number of allylic oxidation sites excluding steroid dienone is 1. The third-order valence-corrected chi connectivity index (χ3v) is 4.64. The van der Waals surface area contributed by atoms with Crippen molar-refractivity contribution in [3.8, 4) is 0 Å². The van der Waals surface area contributed by atoms with Crippen LogP contribution < -0.4 is 0 Å². The fraction of sp³-hybridized carbons (Fsp3) is 0.800. The highest BCUT2D eigenvalue weighted by atomic mass is 16.5. The molecule has 0 rings (SSSR count). The molecule has 0 aliphatic heterocycles. The zero-order valence-corrected chi connectivity index (χ0v) is 20.1. The smallest absolute Gasteiger partial charge is 0.305 e. The van der Waals surface area contributed by atoms with E-state index in [4.69, 9.17) is 9.47 Å². The molecule has 3 atom stereocenters. The maximum absolute atomic E-state index is 11.1.